The second-order valence-corrected chi connectivity index (χ2v) is 12.2. The van der Waals surface area contributed by atoms with Crippen molar-refractivity contribution in [1.82, 2.24) is 0 Å². The second kappa shape index (κ2) is 4.87. The minimum atomic E-state index is -1.88. The molecule has 1 unspecified atom stereocenters. The number of hydrogen-bond acceptors (Lipinski definition) is 3. The summed E-state index contributed by atoms with van der Waals surface area (Å²) in [4.78, 5) is 0. The molecule has 20 heavy (non-hydrogen) atoms. The molecule has 0 N–H and O–H groups in total. The highest BCUT2D eigenvalue weighted by Gasteiger charge is 2.48. The Balaban J connectivity index is 2.62. The molecule has 1 aliphatic rings. The zero-order valence-electron chi connectivity index (χ0n) is 12.6. The molecule has 0 saturated carbocycles. The fraction of sp³-hybridized carbons (Fsp3) is 0.533. The van der Waals surface area contributed by atoms with Crippen LogP contribution in [0.5, 0.6) is 5.75 Å². The van der Waals surface area contributed by atoms with E-state index in [2.05, 4.69) is 41.6 Å². The minimum absolute atomic E-state index is 0.420. The van der Waals surface area contributed by atoms with Gasteiger partial charge in [-0.1, -0.05) is 15.9 Å². The third-order valence-electron chi connectivity index (χ3n) is 3.10. The summed E-state index contributed by atoms with van der Waals surface area (Å²) in [5.74, 6) is 0.740. The van der Waals surface area contributed by atoms with E-state index in [1.54, 1.807) is 0 Å². The van der Waals surface area contributed by atoms with E-state index in [0.29, 0.717) is 6.42 Å². The molecule has 0 fully saturated rings. The van der Waals surface area contributed by atoms with E-state index in [0.717, 1.165) is 15.8 Å². The van der Waals surface area contributed by atoms with Crippen molar-refractivity contribution in [1.29, 1.82) is 5.26 Å². The molecule has 108 valence electrons. The Morgan fingerprint density at radius 1 is 1.35 bits per heavy atom. The van der Waals surface area contributed by atoms with Crippen molar-refractivity contribution < 1.29 is 9.16 Å². The van der Waals surface area contributed by atoms with Crippen molar-refractivity contribution in [3.8, 4) is 11.8 Å². The van der Waals surface area contributed by atoms with Crippen molar-refractivity contribution in [3.05, 3.63) is 28.2 Å². The molecule has 0 radical (unpaired) electrons. The zero-order chi connectivity index (χ0) is 15.2. The summed E-state index contributed by atoms with van der Waals surface area (Å²) in [5, 5.41) is 9.85. The standard InChI is InChI=1S/C15H20BrNO2Si/c1-14(2)9-15(10-17,19-20(3,4)5)12-8-11(16)6-7-13(12)18-14/h6-8H,9H2,1-5H3. The van der Waals surface area contributed by atoms with Crippen molar-refractivity contribution in [2.24, 2.45) is 0 Å². The lowest BCUT2D eigenvalue weighted by molar-refractivity contribution is -0.0181. The molecule has 0 bridgehead atoms. The molecule has 1 aromatic carbocycles. The Hall–Kier alpha value is -0.833. The van der Waals surface area contributed by atoms with E-state index in [9.17, 15) is 5.26 Å². The van der Waals surface area contributed by atoms with Gasteiger partial charge in [-0.05, 0) is 51.7 Å². The molecule has 0 spiro atoms. The summed E-state index contributed by atoms with van der Waals surface area (Å²) in [5.41, 5.74) is -0.516. The minimum Gasteiger partial charge on any atom is -0.487 e. The molecular weight excluding hydrogens is 334 g/mol. The van der Waals surface area contributed by atoms with Crippen molar-refractivity contribution in [2.75, 3.05) is 0 Å². The van der Waals surface area contributed by atoms with Gasteiger partial charge in [0.05, 0.1) is 0 Å². The lowest BCUT2D eigenvalue weighted by Gasteiger charge is -2.44. The van der Waals surface area contributed by atoms with Gasteiger partial charge in [-0.25, -0.2) is 0 Å². The number of nitriles is 1. The van der Waals surface area contributed by atoms with Gasteiger partial charge >= 0.3 is 0 Å². The number of ether oxygens (including phenoxy) is 1. The van der Waals surface area contributed by atoms with E-state index in [1.807, 2.05) is 32.0 Å². The number of hydrogen-bond donors (Lipinski definition) is 0. The van der Waals surface area contributed by atoms with Gasteiger partial charge in [0.25, 0.3) is 0 Å². The van der Waals surface area contributed by atoms with Gasteiger partial charge in [-0.15, -0.1) is 0 Å². The zero-order valence-corrected chi connectivity index (χ0v) is 15.2. The summed E-state index contributed by atoms with van der Waals surface area (Å²) >= 11 is 3.47. The predicted molar refractivity (Wildman–Crippen MR) is 85.2 cm³/mol. The number of benzene rings is 1. The molecule has 5 heteroatoms. The third-order valence-corrected chi connectivity index (χ3v) is 4.55. The van der Waals surface area contributed by atoms with Crippen LogP contribution in [0.1, 0.15) is 25.8 Å². The van der Waals surface area contributed by atoms with Crippen LogP contribution in [0.3, 0.4) is 0 Å². The van der Waals surface area contributed by atoms with E-state index >= 15 is 0 Å². The highest BCUT2D eigenvalue weighted by molar-refractivity contribution is 9.10. The van der Waals surface area contributed by atoms with Gasteiger partial charge in [-0.3, -0.25) is 0 Å². The van der Waals surface area contributed by atoms with Crippen LogP contribution in [0.4, 0.5) is 0 Å². The van der Waals surface area contributed by atoms with Crippen LogP contribution >= 0.6 is 15.9 Å². The molecule has 0 aromatic heterocycles. The van der Waals surface area contributed by atoms with E-state index in [1.165, 1.54) is 0 Å². The highest BCUT2D eigenvalue weighted by atomic mass is 79.9. The molecule has 0 amide bonds. The van der Waals surface area contributed by atoms with Gasteiger partial charge in [0.2, 0.25) is 0 Å². The van der Waals surface area contributed by atoms with Crippen molar-refractivity contribution in [3.63, 3.8) is 0 Å². The maximum atomic E-state index is 9.85. The number of nitrogens with zero attached hydrogens (tertiary/aromatic N) is 1. The van der Waals surface area contributed by atoms with Gasteiger partial charge in [0.1, 0.15) is 17.4 Å². The number of fused-ring (bicyclic) bond motifs is 1. The molecule has 1 aliphatic heterocycles. The van der Waals surface area contributed by atoms with Crippen LogP contribution in [0.2, 0.25) is 19.6 Å². The van der Waals surface area contributed by atoms with Crippen LogP contribution in [0.15, 0.2) is 22.7 Å². The largest absolute Gasteiger partial charge is 0.487 e. The molecule has 0 aliphatic carbocycles. The third kappa shape index (κ3) is 3.08. The first kappa shape index (κ1) is 15.6. The second-order valence-electron chi connectivity index (χ2n) is 6.83. The van der Waals surface area contributed by atoms with Gasteiger partial charge in [0, 0.05) is 16.5 Å². The van der Waals surface area contributed by atoms with Crippen LogP contribution in [-0.4, -0.2) is 13.9 Å². The quantitative estimate of drug-likeness (QED) is 0.730. The average Bonchev–Trinajstić information content (AvgIpc) is 2.27. The molecule has 1 atom stereocenters. The van der Waals surface area contributed by atoms with E-state index in [4.69, 9.17) is 9.16 Å². The summed E-state index contributed by atoms with van der Waals surface area (Å²) < 4.78 is 13.2. The first-order valence-corrected chi connectivity index (χ1v) is 10.9. The summed E-state index contributed by atoms with van der Waals surface area (Å²) in [6.07, 6.45) is 0.532. The molecule has 1 heterocycles. The smallest absolute Gasteiger partial charge is 0.186 e. The number of rotatable bonds is 2. The predicted octanol–water partition coefficient (Wildman–Crippen LogP) is 4.58. The maximum Gasteiger partial charge on any atom is 0.186 e. The summed E-state index contributed by atoms with van der Waals surface area (Å²) in [7, 11) is -1.88. The van der Waals surface area contributed by atoms with E-state index < -0.39 is 19.5 Å². The Labute approximate surface area is 130 Å². The Kier molecular flexibility index (Phi) is 3.78. The first-order valence-electron chi connectivity index (χ1n) is 6.67. The molecule has 3 nitrogen and oxygen atoms in total. The normalized spacial score (nSPS) is 24.4. The van der Waals surface area contributed by atoms with Crippen LogP contribution in [-0.2, 0) is 10.0 Å². The van der Waals surface area contributed by atoms with Crippen molar-refractivity contribution >= 4 is 24.2 Å². The number of halogens is 1. The fourth-order valence-electron chi connectivity index (χ4n) is 2.67. The Morgan fingerprint density at radius 3 is 2.55 bits per heavy atom. The summed E-state index contributed by atoms with van der Waals surface area (Å²) in [6, 6.07) is 8.19. The lowest BCUT2D eigenvalue weighted by atomic mass is 9.81. The van der Waals surface area contributed by atoms with Gasteiger partial charge in [0.15, 0.2) is 13.9 Å². The van der Waals surface area contributed by atoms with Crippen LogP contribution in [0, 0.1) is 11.3 Å². The highest BCUT2D eigenvalue weighted by Crippen LogP contribution is 2.47. The molecule has 2 rings (SSSR count). The monoisotopic (exact) mass is 353 g/mol. The molecule has 1 aromatic rings. The summed E-state index contributed by atoms with van der Waals surface area (Å²) in [6.45, 7) is 10.3. The van der Waals surface area contributed by atoms with Gasteiger partial charge in [-0.2, -0.15) is 5.26 Å². The SMILES string of the molecule is CC1(C)CC(C#N)(O[Si](C)(C)C)c2cc(Br)ccc2O1. The maximum absolute atomic E-state index is 9.85. The molecular formula is C15H20BrNO2Si. The van der Waals surface area contributed by atoms with Crippen LogP contribution in [0.25, 0.3) is 0 Å². The Morgan fingerprint density at radius 2 is 2.00 bits per heavy atom. The van der Waals surface area contributed by atoms with Crippen LogP contribution < -0.4 is 4.74 Å². The lowest BCUT2D eigenvalue weighted by Crippen LogP contribution is -2.49. The molecule has 0 saturated heterocycles. The Bertz CT molecular complexity index is 574. The average molecular weight is 354 g/mol. The van der Waals surface area contributed by atoms with Crippen molar-refractivity contribution in [2.45, 2.75) is 51.1 Å². The van der Waals surface area contributed by atoms with Gasteiger partial charge < -0.3 is 9.16 Å². The topological polar surface area (TPSA) is 42.2 Å². The van der Waals surface area contributed by atoms with E-state index in [-0.39, 0.29) is 0 Å². The fourth-order valence-corrected chi connectivity index (χ4v) is 4.31. The first-order chi connectivity index (χ1) is 9.07.